The summed E-state index contributed by atoms with van der Waals surface area (Å²) in [4.78, 5) is 18.6. The van der Waals surface area contributed by atoms with Crippen LogP contribution in [0.15, 0.2) is 48.7 Å². The SMILES string of the molecule is N#Cc1ccc(CN2CCC(NC(=O)c3ccccn3)CC2)cc1. The van der Waals surface area contributed by atoms with Gasteiger partial charge in [-0.1, -0.05) is 18.2 Å². The summed E-state index contributed by atoms with van der Waals surface area (Å²) in [5, 5.41) is 11.9. The number of hydrogen-bond acceptors (Lipinski definition) is 4. The maximum Gasteiger partial charge on any atom is 0.270 e. The molecule has 0 saturated carbocycles. The summed E-state index contributed by atoms with van der Waals surface area (Å²) < 4.78 is 0. The minimum absolute atomic E-state index is 0.0962. The monoisotopic (exact) mass is 320 g/mol. The average molecular weight is 320 g/mol. The molecule has 0 unspecified atom stereocenters. The smallest absolute Gasteiger partial charge is 0.270 e. The van der Waals surface area contributed by atoms with Gasteiger partial charge in [0.25, 0.3) is 5.91 Å². The number of benzene rings is 1. The van der Waals surface area contributed by atoms with Crippen molar-refractivity contribution in [2.75, 3.05) is 13.1 Å². The molecule has 1 saturated heterocycles. The number of amides is 1. The lowest BCUT2D eigenvalue weighted by Gasteiger charge is -2.32. The van der Waals surface area contributed by atoms with Crippen molar-refractivity contribution in [3.05, 3.63) is 65.5 Å². The Labute approximate surface area is 141 Å². The highest BCUT2D eigenvalue weighted by Crippen LogP contribution is 2.15. The molecule has 0 spiro atoms. The van der Waals surface area contributed by atoms with Crippen molar-refractivity contribution in [2.24, 2.45) is 0 Å². The van der Waals surface area contributed by atoms with Crippen LogP contribution in [0, 0.1) is 11.3 Å². The van der Waals surface area contributed by atoms with E-state index in [0.29, 0.717) is 11.3 Å². The molecule has 5 nitrogen and oxygen atoms in total. The summed E-state index contributed by atoms with van der Waals surface area (Å²) in [5.74, 6) is -0.0962. The fourth-order valence-corrected chi connectivity index (χ4v) is 2.93. The molecule has 2 heterocycles. The number of piperidine rings is 1. The molecular weight excluding hydrogens is 300 g/mol. The van der Waals surface area contributed by atoms with Gasteiger partial charge in [0.05, 0.1) is 11.6 Å². The van der Waals surface area contributed by atoms with E-state index < -0.39 is 0 Å². The number of aromatic nitrogens is 1. The van der Waals surface area contributed by atoms with Gasteiger partial charge in [-0.05, 0) is 42.7 Å². The van der Waals surface area contributed by atoms with E-state index in [4.69, 9.17) is 5.26 Å². The van der Waals surface area contributed by atoms with Crippen molar-refractivity contribution >= 4 is 5.91 Å². The van der Waals surface area contributed by atoms with Crippen LogP contribution in [0.5, 0.6) is 0 Å². The Morgan fingerprint density at radius 1 is 1.21 bits per heavy atom. The molecule has 2 aromatic rings. The fourth-order valence-electron chi connectivity index (χ4n) is 2.93. The molecule has 1 N–H and O–H groups in total. The number of nitriles is 1. The predicted octanol–water partition coefficient (Wildman–Crippen LogP) is 2.35. The zero-order valence-corrected chi connectivity index (χ0v) is 13.5. The third-order valence-corrected chi connectivity index (χ3v) is 4.31. The van der Waals surface area contributed by atoms with Crippen LogP contribution < -0.4 is 5.32 Å². The van der Waals surface area contributed by atoms with Crippen LogP contribution in [0.1, 0.15) is 34.5 Å². The lowest BCUT2D eigenvalue weighted by atomic mass is 10.0. The van der Waals surface area contributed by atoms with E-state index in [-0.39, 0.29) is 11.9 Å². The molecule has 1 aliphatic rings. The maximum atomic E-state index is 12.1. The quantitative estimate of drug-likeness (QED) is 0.939. The van der Waals surface area contributed by atoms with E-state index in [1.165, 1.54) is 5.56 Å². The Morgan fingerprint density at radius 2 is 1.96 bits per heavy atom. The largest absolute Gasteiger partial charge is 0.348 e. The van der Waals surface area contributed by atoms with Crippen molar-refractivity contribution in [1.82, 2.24) is 15.2 Å². The minimum atomic E-state index is -0.0962. The van der Waals surface area contributed by atoms with E-state index in [1.54, 1.807) is 18.3 Å². The standard InChI is InChI=1S/C19H20N4O/c20-13-15-4-6-16(7-5-15)14-23-11-8-17(9-12-23)22-19(24)18-3-1-2-10-21-18/h1-7,10,17H,8-9,11-12,14H2,(H,22,24). The van der Waals surface area contributed by atoms with Crippen molar-refractivity contribution in [2.45, 2.75) is 25.4 Å². The molecule has 5 heteroatoms. The van der Waals surface area contributed by atoms with Crippen molar-refractivity contribution < 1.29 is 4.79 Å². The fraction of sp³-hybridized carbons (Fsp3) is 0.316. The number of likely N-dealkylation sites (tertiary alicyclic amines) is 1. The van der Waals surface area contributed by atoms with Crippen LogP contribution in [-0.4, -0.2) is 34.9 Å². The molecule has 1 aromatic heterocycles. The van der Waals surface area contributed by atoms with Crippen molar-refractivity contribution in [3.8, 4) is 6.07 Å². The number of nitrogens with zero attached hydrogens (tertiary/aromatic N) is 3. The molecule has 1 aliphatic heterocycles. The van der Waals surface area contributed by atoms with Gasteiger partial charge in [0.1, 0.15) is 5.69 Å². The van der Waals surface area contributed by atoms with Crippen LogP contribution in [0.3, 0.4) is 0 Å². The van der Waals surface area contributed by atoms with Crippen LogP contribution in [0.2, 0.25) is 0 Å². The molecular formula is C19H20N4O. The summed E-state index contributed by atoms with van der Waals surface area (Å²) in [7, 11) is 0. The molecule has 1 fully saturated rings. The van der Waals surface area contributed by atoms with Crippen LogP contribution in [-0.2, 0) is 6.54 Å². The first-order valence-electron chi connectivity index (χ1n) is 8.18. The lowest BCUT2D eigenvalue weighted by molar-refractivity contribution is 0.0904. The van der Waals surface area contributed by atoms with Gasteiger partial charge in [0.2, 0.25) is 0 Å². The van der Waals surface area contributed by atoms with E-state index in [0.717, 1.165) is 32.5 Å². The Morgan fingerprint density at radius 3 is 2.58 bits per heavy atom. The number of hydrogen-bond donors (Lipinski definition) is 1. The Hall–Kier alpha value is -2.71. The number of carbonyl (C=O) groups excluding carboxylic acids is 1. The molecule has 0 atom stereocenters. The van der Waals surface area contributed by atoms with Gasteiger partial charge in [-0.3, -0.25) is 14.7 Å². The summed E-state index contributed by atoms with van der Waals surface area (Å²) in [6.07, 6.45) is 3.51. The summed E-state index contributed by atoms with van der Waals surface area (Å²) >= 11 is 0. The van der Waals surface area contributed by atoms with E-state index in [1.807, 2.05) is 30.3 Å². The lowest BCUT2D eigenvalue weighted by Crippen LogP contribution is -2.44. The van der Waals surface area contributed by atoms with Gasteiger partial charge >= 0.3 is 0 Å². The first-order valence-corrected chi connectivity index (χ1v) is 8.18. The first-order chi connectivity index (χ1) is 11.7. The van der Waals surface area contributed by atoms with Crippen molar-refractivity contribution in [3.63, 3.8) is 0 Å². The van der Waals surface area contributed by atoms with E-state index >= 15 is 0 Å². The van der Waals surface area contributed by atoms with Gasteiger partial charge in [-0.15, -0.1) is 0 Å². The number of pyridine rings is 1. The second-order valence-corrected chi connectivity index (χ2v) is 6.05. The third kappa shape index (κ3) is 4.18. The molecule has 0 bridgehead atoms. The first kappa shape index (κ1) is 16.2. The molecule has 1 aromatic carbocycles. The Kier molecular flexibility index (Phi) is 5.19. The minimum Gasteiger partial charge on any atom is -0.348 e. The van der Waals surface area contributed by atoms with E-state index in [2.05, 4.69) is 21.3 Å². The number of rotatable bonds is 4. The summed E-state index contributed by atoms with van der Waals surface area (Å²) in [6.45, 7) is 2.78. The van der Waals surface area contributed by atoms with Gasteiger partial charge in [0, 0.05) is 31.9 Å². The van der Waals surface area contributed by atoms with Gasteiger partial charge in [-0.25, -0.2) is 0 Å². The number of nitrogens with one attached hydrogen (secondary N) is 1. The Bertz CT molecular complexity index is 713. The second kappa shape index (κ2) is 7.71. The van der Waals surface area contributed by atoms with E-state index in [9.17, 15) is 4.79 Å². The second-order valence-electron chi connectivity index (χ2n) is 6.05. The molecule has 1 amide bonds. The highest BCUT2D eigenvalue weighted by atomic mass is 16.1. The highest BCUT2D eigenvalue weighted by Gasteiger charge is 2.21. The molecule has 24 heavy (non-hydrogen) atoms. The zero-order chi connectivity index (χ0) is 16.8. The van der Waals surface area contributed by atoms with Crippen LogP contribution >= 0.6 is 0 Å². The molecule has 0 radical (unpaired) electrons. The normalized spacial score (nSPS) is 15.6. The van der Waals surface area contributed by atoms with Crippen LogP contribution in [0.4, 0.5) is 0 Å². The Balaban J connectivity index is 1.47. The third-order valence-electron chi connectivity index (χ3n) is 4.31. The molecule has 3 rings (SSSR count). The topological polar surface area (TPSA) is 69.0 Å². The summed E-state index contributed by atoms with van der Waals surface area (Å²) in [6, 6.07) is 15.4. The van der Waals surface area contributed by atoms with Crippen LogP contribution in [0.25, 0.3) is 0 Å². The predicted molar refractivity (Wildman–Crippen MR) is 91.2 cm³/mol. The van der Waals surface area contributed by atoms with Crippen molar-refractivity contribution in [1.29, 1.82) is 5.26 Å². The maximum absolute atomic E-state index is 12.1. The molecule has 122 valence electrons. The summed E-state index contributed by atoms with van der Waals surface area (Å²) in [5.41, 5.74) is 2.37. The average Bonchev–Trinajstić information content (AvgIpc) is 2.65. The van der Waals surface area contributed by atoms with Gasteiger partial charge < -0.3 is 5.32 Å². The highest BCUT2D eigenvalue weighted by molar-refractivity contribution is 5.92. The zero-order valence-electron chi connectivity index (χ0n) is 13.5. The van der Waals surface area contributed by atoms with Gasteiger partial charge in [0.15, 0.2) is 0 Å². The molecule has 0 aliphatic carbocycles. The van der Waals surface area contributed by atoms with Gasteiger partial charge in [-0.2, -0.15) is 5.26 Å². The number of carbonyl (C=O) groups is 1.